The van der Waals surface area contributed by atoms with E-state index < -0.39 is 7.12 Å². The molecule has 1 amide bonds. The number of hydrogen-bond donors (Lipinski definition) is 1. The van der Waals surface area contributed by atoms with E-state index in [1.54, 1.807) is 12.4 Å². The van der Waals surface area contributed by atoms with E-state index in [2.05, 4.69) is 20.2 Å². The van der Waals surface area contributed by atoms with Gasteiger partial charge < -0.3 is 19.5 Å². The van der Waals surface area contributed by atoms with Crippen molar-refractivity contribution in [3.05, 3.63) is 12.4 Å². The maximum absolute atomic E-state index is 11.3. The fraction of sp³-hybridized carbons (Fsp3) is 0.706. The molecule has 0 aromatic carbocycles. The number of hydrogen-bond acceptors (Lipinski definition) is 6. The van der Waals surface area contributed by atoms with Crippen molar-refractivity contribution in [3.63, 3.8) is 0 Å². The largest absolute Gasteiger partial charge is 0.498 e. The number of anilines is 1. The van der Waals surface area contributed by atoms with Crippen LogP contribution in [0, 0.1) is 5.92 Å². The molecule has 0 radical (unpaired) electrons. The van der Waals surface area contributed by atoms with Gasteiger partial charge in [-0.05, 0) is 40.0 Å². The molecule has 0 saturated carbocycles. The first kappa shape index (κ1) is 19.4. The number of rotatable bonds is 5. The Morgan fingerprint density at radius 3 is 2.50 bits per heavy atom. The average Bonchev–Trinajstić information content (AvgIpc) is 3.15. The van der Waals surface area contributed by atoms with Crippen molar-refractivity contribution in [2.75, 3.05) is 30.4 Å². The Balaban J connectivity index is 1.58. The summed E-state index contributed by atoms with van der Waals surface area (Å²) in [4.78, 5) is 22.4. The van der Waals surface area contributed by atoms with Crippen molar-refractivity contribution in [1.82, 2.24) is 15.3 Å². The monoisotopic (exact) mass is 380 g/mol. The van der Waals surface area contributed by atoms with Gasteiger partial charge in [0.15, 0.2) is 0 Å². The van der Waals surface area contributed by atoms with Crippen LogP contribution in [0.2, 0.25) is 0 Å². The second kappa shape index (κ2) is 7.33. The highest BCUT2D eigenvalue weighted by Crippen LogP contribution is 2.36. The zero-order valence-corrected chi connectivity index (χ0v) is 16.5. The minimum Gasteiger partial charge on any atom is -0.399 e. The van der Waals surface area contributed by atoms with Gasteiger partial charge in [0.2, 0.25) is 11.9 Å². The third-order valence-corrected chi connectivity index (χ3v) is 5.70. The molecule has 0 spiro atoms. The van der Waals surface area contributed by atoms with Crippen LogP contribution in [0.15, 0.2) is 12.4 Å². The summed E-state index contributed by atoms with van der Waals surface area (Å²) in [5, 5.41) is 2.84. The molecular formula is C17H26BClN4O3. The lowest BCUT2D eigenvalue weighted by Crippen LogP contribution is -2.41. The molecule has 7 nitrogen and oxygen atoms in total. The second-order valence-electron chi connectivity index (χ2n) is 7.94. The SMILES string of the molecule is CC1(C)OB(c2cnc(N3CCC(CNC(=O)CCl)C3)nc2)OC1(C)C. The van der Waals surface area contributed by atoms with Crippen LogP contribution in [-0.4, -0.2) is 59.7 Å². The molecule has 3 rings (SSSR count). The molecule has 2 saturated heterocycles. The van der Waals surface area contributed by atoms with Gasteiger partial charge in [0.1, 0.15) is 5.88 Å². The Hall–Kier alpha value is -1.38. The minimum atomic E-state index is -0.453. The molecule has 1 unspecified atom stereocenters. The van der Waals surface area contributed by atoms with Crippen LogP contribution in [0.4, 0.5) is 5.95 Å². The molecular weight excluding hydrogens is 354 g/mol. The first-order valence-electron chi connectivity index (χ1n) is 8.97. The van der Waals surface area contributed by atoms with Crippen LogP contribution in [0.3, 0.4) is 0 Å². The highest BCUT2D eigenvalue weighted by Gasteiger charge is 2.52. The molecule has 3 heterocycles. The van der Waals surface area contributed by atoms with E-state index in [0.717, 1.165) is 25.0 Å². The topological polar surface area (TPSA) is 76.6 Å². The van der Waals surface area contributed by atoms with E-state index in [0.29, 0.717) is 18.4 Å². The lowest BCUT2D eigenvalue weighted by molar-refractivity contribution is -0.118. The molecule has 1 atom stereocenters. The van der Waals surface area contributed by atoms with E-state index in [1.807, 2.05) is 27.7 Å². The van der Waals surface area contributed by atoms with Crippen LogP contribution in [0.25, 0.3) is 0 Å². The van der Waals surface area contributed by atoms with Crippen molar-refractivity contribution in [3.8, 4) is 0 Å². The predicted molar refractivity (Wildman–Crippen MR) is 102 cm³/mol. The predicted octanol–water partition coefficient (Wildman–Crippen LogP) is 0.957. The number of halogens is 1. The Morgan fingerprint density at radius 1 is 1.31 bits per heavy atom. The van der Waals surface area contributed by atoms with Gasteiger partial charge in [0.25, 0.3) is 0 Å². The van der Waals surface area contributed by atoms with Crippen molar-refractivity contribution >= 4 is 36.0 Å². The summed E-state index contributed by atoms with van der Waals surface area (Å²) in [6.45, 7) is 10.4. The van der Waals surface area contributed by atoms with Crippen molar-refractivity contribution < 1.29 is 14.1 Å². The number of aromatic nitrogens is 2. The minimum absolute atomic E-state index is 0.0000718. The molecule has 0 bridgehead atoms. The molecule has 1 N–H and O–H groups in total. The zero-order valence-electron chi connectivity index (χ0n) is 15.8. The third kappa shape index (κ3) is 3.97. The van der Waals surface area contributed by atoms with Crippen LogP contribution >= 0.6 is 11.6 Å². The summed E-state index contributed by atoms with van der Waals surface area (Å²) < 4.78 is 12.1. The van der Waals surface area contributed by atoms with Gasteiger partial charge in [0.05, 0.1) is 11.2 Å². The van der Waals surface area contributed by atoms with E-state index >= 15 is 0 Å². The van der Waals surface area contributed by atoms with Crippen molar-refractivity contribution in [2.45, 2.75) is 45.3 Å². The summed E-state index contributed by atoms with van der Waals surface area (Å²) in [6, 6.07) is 0. The quantitative estimate of drug-likeness (QED) is 0.605. The Kier molecular flexibility index (Phi) is 5.46. The van der Waals surface area contributed by atoms with Crippen molar-refractivity contribution in [2.24, 2.45) is 5.92 Å². The summed E-state index contributed by atoms with van der Waals surface area (Å²) in [6.07, 6.45) is 4.53. The molecule has 1 aromatic heterocycles. The summed E-state index contributed by atoms with van der Waals surface area (Å²) in [7, 11) is -0.453. The summed E-state index contributed by atoms with van der Waals surface area (Å²) in [5.41, 5.74) is 0.0512. The lowest BCUT2D eigenvalue weighted by atomic mass is 9.81. The molecule has 1 aromatic rings. The first-order valence-corrected chi connectivity index (χ1v) is 9.50. The second-order valence-corrected chi connectivity index (χ2v) is 8.21. The summed E-state index contributed by atoms with van der Waals surface area (Å²) >= 11 is 5.50. The fourth-order valence-corrected chi connectivity index (χ4v) is 3.18. The number of amides is 1. The van der Waals surface area contributed by atoms with Gasteiger partial charge >= 0.3 is 7.12 Å². The van der Waals surface area contributed by atoms with Crippen molar-refractivity contribution in [1.29, 1.82) is 0 Å². The lowest BCUT2D eigenvalue weighted by Gasteiger charge is -2.32. The number of nitrogens with one attached hydrogen (secondary N) is 1. The fourth-order valence-electron chi connectivity index (χ4n) is 3.08. The molecule has 2 fully saturated rings. The van der Waals surface area contributed by atoms with E-state index in [4.69, 9.17) is 20.9 Å². The molecule has 2 aliphatic heterocycles. The first-order chi connectivity index (χ1) is 12.2. The average molecular weight is 381 g/mol. The summed E-state index contributed by atoms with van der Waals surface area (Å²) in [5.74, 6) is 0.943. The van der Waals surface area contributed by atoms with Crippen LogP contribution in [-0.2, 0) is 14.1 Å². The molecule has 0 aliphatic carbocycles. The standard InChI is InChI=1S/C17H26BClN4O3/c1-16(2)17(3,4)26-18(25-16)13-9-21-15(22-10-13)23-6-5-12(11-23)8-20-14(24)7-19/h9-10,12H,5-8,11H2,1-4H3,(H,20,24). The molecule has 142 valence electrons. The number of carbonyl (C=O) groups excluding carboxylic acids is 1. The van der Waals surface area contributed by atoms with E-state index in [9.17, 15) is 4.79 Å². The molecule has 26 heavy (non-hydrogen) atoms. The van der Waals surface area contributed by atoms with Crippen LogP contribution in [0.1, 0.15) is 34.1 Å². The number of nitrogens with zero attached hydrogens (tertiary/aromatic N) is 3. The highest BCUT2D eigenvalue weighted by molar-refractivity contribution is 6.61. The third-order valence-electron chi connectivity index (χ3n) is 5.46. The zero-order chi connectivity index (χ0) is 18.9. The van der Waals surface area contributed by atoms with Crippen LogP contribution in [0.5, 0.6) is 0 Å². The van der Waals surface area contributed by atoms with Gasteiger partial charge in [-0.3, -0.25) is 4.79 Å². The Morgan fingerprint density at radius 2 is 1.92 bits per heavy atom. The van der Waals surface area contributed by atoms with Gasteiger partial charge in [-0.1, -0.05) is 0 Å². The molecule has 2 aliphatic rings. The normalized spacial score (nSPS) is 24.1. The van der Waals surface area contributed by atoms with Gasteiger partial charge in [-0.2, -0.15) is 0 Å². The number of carbonyl (C=O) groups is 1. The smallest absolute Gasteiger partial charge is 0.399 e. The Labute approximate surface area is 159 Å². The van der Waals surface area contributed by atoms with E-state index in [1.165, 1.54) is 0 Å². The maximum atomic E-state index is 11.3. The van der Waals surface area contributed by atoms with Crippen LogP contribution < -0.4 is 15.7 Å². The maximum Gasteiger partial charge on any atom is 0.498 e. The van der Waals surface area contributed by atoms with Gasteiger partial charge in [0, 0.05) is 37.5 Å². The van der Waals surface area contributed by atoms with Gasteiger partial charge in [-0.25, -0.2) is 9.97 Å². The Bertz CT molecular complexity index is 640. The molecule has 9 heteroatoms. The van der Waals surface area contributed by atoms with E-state index in [-0.39, 0.29) is 23.0 Å². The highest BCUT2D eigenvalue weighted by atomic mass is 35.5. The van der Waals surface area contributed by atoms with Gasteiger partial charge in [-0.15, -0.1) is 11.6 Å². The number of alkyl halides is 1.